The number of aryl methyl sites for hydroxylation is 3. The molecule has 0 aliphatic carbocycles. The van der Waals surface area contributed by atoms with E-state index in [1.807, 2.05) is 29.7 Å². The molecule has 2 aromatic heterocycles. The van der Waals surface area contributed by atoms with Gasteiger partial charge in [-0.2, -0.15) is 5.10 Å². The highest BCUT2D eigenvalue weighted by Crippen LogP contribution is 2.23. The molecule has 0 aliphatic heterocycles. The summed E-state index contributed by atoms with van der Waals surface area (Å²) in [5.74, 6) is 1.75. The Balaban J connectivity index is 1.89. The molecule has 0 aromatic carbocycles. The van der Waals surface area contributed by atoms with Gasteiger partial charge in [-0.05, 0) is 38.2 Å². The van der Waals surface area contributed by atoms with Crippen LogP contribution >= 0.6 is 11.8 Å². The zero-order valence-electron chi connectivity index (χ0n) is 13.8. The number of hydrogen-bond acceptors (Lipinski definition) is 3. The maximum absolute atomic E-state index is 4.72. The van der Waals surface area contributed by atoms with Gasteiger partial charge in [0.1, 0.15) is 0 Å². The van der Waals surface area contributed by atoms with E-state index in [0.29, 0.717) is 5.92 Å². The molecule has 0 spiro atoms. The van der Waals surface area contributed by atoms with Crippen molar-refractivity contribution in [2.45, 2.75) is 52.2 Å². The first-order valence-corrected chi connectivity index (χ1v) is 8.60. The van der Waals surface area contributed by atoms with Crippen LogP contribution in [-0.2, 0) is 20.0 Å². The van der Waals surface area contributed by atoms with Gasteiger partial charge in [-0.25, -0.2) is 4.98 Å². The summed E-state index contributed by atoms with van der Waals surface area (Å²) in [5.41, 5.74) is 3.78. The summed E-state index contributed by atoms with van der Waals surface area (Å²) in [6.07, 6.45) is 6.30. The quantitative estimate of drug-likeness (QED) is 0.579. The molecule has 0 radical (unpaired) electrons. The summed E-state index contributed by atoms with van der Waals surface area (Å²) in [6, 6.07) is 0. The second kappa shape index (κ2) is 7.16. The predicted octanol–water partition coefficient (Wildman–Crippen LogP) is 3.61. The molecule has 0 unspecified atom stereocenters. The smallest absolute Gasteiger partial charge is 0.168 e. The van der Waals surface area contributed by atoms with Crippen LogP contribution in [0.5, 0.6) is 0 Å². The molecule has 0 saturated carbocycles. The van der Waals surface area contributed by atoms with E-state index in [9.17, 15) is 0 Å². The Kier molecular flexibility index (Phi) is 5.51. The maximum Gasteiger partial charge on any atom is 0.168 e. The van der Waals surface area contributed by atoms with Gasteiger partial charge < -0.3 is 4.57 Å². The van der Waals surface area contributed by atoms with Crippen molar-refractivity contribution in [3.63, 3.8) is 0 Å². The fourth-order valence-corrected chi connectivity index (χ4v) is 3.39. The van der Waals surface area contributed by atoms with Crippen LogP contribution < -0.4 is 0 Å². The molecule has 2 heterocycles. The summed E-state index contributed by atoms with van der Waals surface area (Å²) in [7, 11) is 1.96. The minimum absolute atomic E-state index is 0.645. The van der Waals surface area contributed by atoms with E-state index in [1.165, 1.54) is 16.4 Å². The minimum atomic E-state index is 0.645. The molecule has 2 rings (SSSR count). The zero-order valence-corrected chi connectivity index (χ0v) is 14.6. The first-order valence-electron chi connectivity index (χ1n) is 7.61. The van der Waals surface area contributed by atoms with Crippen molar-refractivity contribution in [1.82, 2.24) is 19.3 Å². The molecule has 0 N–H and O–H groups in total. The molecule has 21 heavy (non-hydrogen) atoms. The normalized spacial score (nSPS) is 11.5. The number of hydrogen-bond donors (Lipinski definition) is 0. The first-order chi connectivity index (χ1) is 9.97. The number of aromatic nitrogens is 4. The number of imidazole rings is 1. The third kappa shape index (κ3) is 4.37. The first kappa shape index (κ1) is 16.1. The lowest BCUT2D eigenvalue weighted by Crippen LogP contribution is -2.07. The van der Waals surface area contributed by atoms with Crippen LogP contribution in [0.1, 0.15) is 37.2 Å². The Morgan fingerprint density at radius 2 is 2.05 bits per heavy atom. The van der Waals surface area contributed by atoms with Gasteiger partial charge in [0, 0.05) is 31.2 Å². The zero-order chi connectivity index (χ0) is 15.4. The molecule has 116 valence electrons. The maximum atomic E-state index is 4.72. The van der Waals surface area contributed by atoms with Crippen LogP contribution in [0.25, 0.3) is 0 Å². The largest absolute Gasteiger partial charge is 0.323 e. The topological polar surface area (TPSA) is 35.6 Å². The van der Waals surface area contributed by atoms with Crippen LogP contribution in [0, 0.1) is 19.8 Å². The monoisotopic (exact) mass is 306 g/mol. The molecular formula is C16H26N4S. The van der Waals surface area contributed by atoms with E-state index in [-0.39, 0.29) is 0 Å². The van der Waals surface area contributed by atoms with Gasteiger partial charge in [-0.3, -0.25) is 4.68 Å². The standard InChI is InChI=1S/C16H26N4S/c1-12(2)10-20-14(4)13(3)18-16(20)21-8-6-7-15-9-17-19(5)11-15/h9,11-12H,6-8,10H2,1-5H3. The van der Waals surface area contributed by atoms with E-state index < -0.39 is 0 Å². The van der Waals surface area contributed by atoms with E-state index in [2.05, 4.69) is 43.6 Å². The van der Waals surface area contributed by atoms with E-state index >= 15 is 0 Å². The fraction of sp³-hybridized carbons (Fsp3) is 0.625. The molecule has 5 heteroatoms. The van der Waals surface area contributed by atoms with Crippen molar-refractivity contribution in [2.24, 2.45) is 13.0 Å². The van der Waals surface area contributed by atoms with Gasteiger partial charge in [0.2, 0.25) is 0 Å². The van der Waals surface area contributed by atoms with Crippen LogP contribution in [0.15, 0.2) is 17.6 Å². The Labute approximate surface area is 132 Å². The molecule has 0 saturated heterocycles. The van der Waals surface area contributed by atoms with Gasteiger partial charge in [-0.15, -0.1) is 0 Å². The number of rotatable bonds is 7. The van der Waals surface area contributed by atoms with Crippen molar-refractivity contribution in [3.05, 3.63) is 29.3 Å². The van der Waals surface area contributed by atoms with Gasteiger partial charge in [0.15, 0.2) is 5.16 Å². The highest BCUT2D eigenvalue weighted by molar-refractivity contribution is 7.99. The Hall–Kier alpha value is -1.23. The second-order valence-electron chi connectivity index (χ2n) is 6.04. The van der Waals surface area contributed by atoms with Crippen molar-refractivity contribution in [1.29, 1.82) is 0 Å². The lowest BCUT2D eigenvalue weighted by atomic mass is 10.2. The molecule has 0 atom stereocenters. The predicted molar refractivity (Wildman–Crippen MR) is 88.8 cm³/mol. The second-order valence-corrected chi connectivity index (χ2v) is 7.11. The average molecular weight is 306 g/mol. The molecule has 0 bridgehead atoms. The van der Waals surface area contributed by atoms with Crippen LogP contribution in [0.3, 0.4) is 0 Å². The van der Waals surface area contributed by atoms with E-state index in [1.54, 1.807) is 0 Å². The lowest BCUT2D eigenvalue weighted by molar-refractivity contribution is 0.486. The summed E-state index contributed by atoms with van der Waals surface area (Å²) in [4.78, 5) is 4.72. The molecule has 0 aliphatic rings. The molecule has 2 aromatic rings. The lowest BCUT2D eigenvalue weighted by Gasteiger charge is -2.12. The molecule has 4 nitrogen and oxygen atoms in total. The van der Waals surface area contributed by atoms with Crippen molar-refractivity contribution >= 4 is 11.8 Å². The third-order valence-electron chi connectivity index (χ3n) is 3.57. The van der Waals surface area contributed by atoms with E-state index in [4.69, 9.17) is 4.98 Å². The summed E-state index contributed by atoms with van der Waals surface area (Å²) in [5, 5.41) is 5.38. The summed E-state index contributed by atoms with van der Waals surface area (Å²) >= 11 is 1.87. The third-order valence-corrected chi connectivity index (χ3v) is 4.63. The van der Waals surface area contributed by atoms with Crippen LogP contribution in [0.2, 0.25) is 0 Å². The van der Waals surface area contributed by atoms with Crippen molar-refractivity contribution < 1.29 is 0 Å². The Morgan fingerprint density at radius 1 is 1.29 bits per heavy atom. The van der Waals surface area contributed by atoms with Crippen molar-refractivity contribution in [2.75, 3.05) is 5.75 Å². The highest BCUT2D eigenvalue weighted by Gasteiger charge is 2.12. The summed E-state index contributed by atoms with van der Waals surface area (Å²) in [6.45, 7) is 9.84. The molecular weight excluding hydrogens is 280 g/mol. The summed E-state index contributed by atoms with van der Waals surface area (Å²) < 4.78 is 4.24. The van der Waals surface area contributed by atoms with Gasteiger partial charge in [0.05, 0.1) is 11.9 Å². The highest BCUT2D eigenvalue weighted by atomic mass is 32.2. The Bertz CT molecular complexity index is 583. The fourth-order valence-electron chi connectivity index (χ4n) is 2.35. The van der Waals surface area contributed by atoms with Gasteiger partial charge >= 0.3 is 0 Å². The average Bonchev–Trinajstić information content (AvgIpc) is 2.93. The van der Waals surface area contributed by atoms with Gasteiger partial charge in [-0.1, -0.05) is 25.6 Å². The van der Waals surface area contributed by atoms with Crippen LogP contribution in [-0.4, -0.2) is 25.1 Å². The number of nitrogens with zero attached hydrogens (tertiary/aromatic N) is 4. The van der Waals surface area contributed by atoms with Crippen molar-refractivity contribution in [3.8, 4) is 0 Å². The van der Waals surface area contributed by atoms with Gasteiger partial charge in [0.25, 0.3) is 0 Å². The minimum Gasteiger partial charge on any atom is -0.323 e. The Morgan fingerprint density at radius 3 is 2.67 bits per heavy atom. The van der Waals surface area contributed by atoms with Crippen LogP contribution in [0.4, 0.5) is 0 Å². The molecule has 0 amide bonds. The van der Waals surface area contributed by atoms with E-state index in [0.717, 1.165) is 30.8 Å². The number of thioether (sulfide) groups is 1. The molecule has 0 fully saturated rings. The SMILES string of the molecule is Cc1nc(SCCCc2cnn(C)c2)n(CC(C)C)c1C.